The zero-order valence-corrected chi connectivity index (χ0v) is 13.6. The molecule has 3 rings (SSSR count). The Hall–Kier alpha value is -0.120. The number of rotatable bonds is 4. The van der Waals surface area contributed by atoms with Gasteiger partial charge in [0.25, 0.3) is 0 Å². The van der Waals surface area contributed by atoms with Gasteiger partial charge in [-0.25, -0.2) is 0 Å². The fourth-order valence-corrected chi connectivity index (χ4v) is 5.20. The Morgan fingerprint density at radius 2 is 2.00 bits per heavy atom. The molecule has 1 N–H and O–H groups in total. The molecule has 3 aliphatic rings. The largest absolute Gasteiger partial charge is 0.315 e. The Morgan fingerprint density at radius 1 is 1.15 bits per heavy atom. The molecule has 2 bridgehead atoms. The van der Waals surface area contributed by atoms with E-state index in [1.54, 1.807) is 6.42 Å². The van der Waals surface area contributed by atoms with Crippen LogP contribution in [0, 0.1) is 17.8 Å². The van der Waals surface area contributed by atoms with E-state index in [0.29, 0.717) is 12.1 Å². The standard InChI is InChI=1S/C17H33N3/c1-18-16(11-15-10-13-5-6-14(15)9-13)17-12-19(2)7-4-8-20(17)3/h13-18H,4-12H2,1-3H3. The van der Waals surface area contributed by atoms with E-state index < -0.39 is 0 Å². The summed E-state index contributed by atoms with van der Waals surface area (Å²) in [5.74, 6) is 3.15. The topological polar surface area (TPSA) is 18.5 Å². The number of nitrogens with zero attached hydrogens (tertiary/aromatic N) is 2. The number of hydrogen-bond acceptors (Lipinski definition) is 3. The minimum absolute atomic E-state index is 0.671. The summed E-state index contributed by atoms with van der Waals surface area (Å²) in [5, 5.41) is 3.67. The Morgan fingerprint density at radius 3 is 2.65 bits per heavy atom. The van der Waals surface area contributed by atoms with Crippen molar-refractivity contribution in [2.24, 2.45) is 17.8 Å². The fraction of sp³-hybridized carbons (Fsp3) is 1.00. The van der Waals surface area contributed by atoms with Crippen molar-refractivity contribution in [1.29, 1.82) is 0 Å². The van der Waals surface area contributed by atoms with Gasteiger partial charge in [-0.15, -0.1) is 0 Å². The van der Waals surface area contributed by atoms with E-state index in [1.807, 2.05) is 0 Å². The molecule has 116 valence electrons. The zero-order valence-electron chi connectivity index (χ0n) is 13.6. The third-order valence-electron chi connectivity index (χ3n) is 6.39. The second kappa shape index (κ2) is 6.33. The number of likely N-dealkylation sites (N-methyl/N-ethyl adjacent to an activating group) is 3. The minimum Gasteiger partial charge on any atom is -0.315 e. The van der Waals surface area contributed by atoms with Crippen molar-refractivity contribution in [2.75, 3.05) is 40.8 Å². The molecule has 0 aromatic carbocycles. The lowest BCUT2D eigenvalue weighted by atomic mass is 9.82. The van der Waals surface area contributed by atoms with Gasteiger partial charge in [-0.3, -0.25) is 0 Å². The summed E-state index contributed by atoms with van der Waals surface area (Å²) in [6, 6.07) is 1.36. The van der Waals surface area contributed by atoms with Crippen molar-refractivity contribution in [3.8, 4) is 0 Å². The summed E-state index contributed by atoms with van der Waals surface area (Å²) in [4.78, 5) is 5.14. The highest BCUT2D eigenvalue weighted by Crippen LogP contribution is 2.50. The molecule has 3 fully saturated rings. The van der Waals surface area contributed by atoms with Crippen molar-refractivity contribution >= 4 is 0 Å². The van der Waals surface area contributed by atoms with Crippen molar-refractivity contribution < 1.29 is 0 Å². The highest BCUT2D eigenvalue weighted by molar-refractivity contribution is 4.95. The maximum Gasteiger partial charge on any atom is 0.0373 e. The Bertz CT molecular complexity index is 319. The van der Waals surface area contributed by atoms with E-state index in [4.69, 9.17) is 0 Å². The predicted molar refractivity (Wildman–Crippen MR) is 84.9 cm³/mol. The van der Waals surface area contributed by atoms with Crippen LogP contribution in [0.3, 0.4) is 0 Å². The summed E-state index contributed by atoms with van der Waals surface area (Å²) in [6.45, 7) is 3.73. The van der Waals surface area contributed by atoms with Crippen LogP contribution in [0.2, 0.25) is 0 Å². The molecule has 1 saturated heterocycles. The number of nitrogens with one attached hydrogen (secondary N) is 1. The molecule has 0 spiro atoms. The molecule has 0 amide bonds. The second-order valence-electron chi connectivity index (χ2n) is 7.73. The first-order chi connectivity index (χ1) is 9.67. The summed E-state index contributed by atoms with van der Waals surface area (Å²) in [6.07, 6.45) is 8.83. The molecule has 3 nitrogen and oxygen atoms in total. The summed E-state index contributed by atoms with van der Waals surface area (Å²) < 4.78 is 0. The molecule has 2 saturated carbocycles. The Labute approximate surface area is 125 Å². The highest BCUT2D eigenvalue weighted by Gasteiger charge is 2.41. The van der Waals surface area contributed by atoms with E-state index in [9.17, 15) is 0 Å². The average Bonchev–Trinajstić information content (AvgIpc) is 3.00. The normalized spacial score (nSPS) is 41.0. The predicted octanol–water partition coefficient (Wildman–Crippen LogP) is 2.04. The lowest BCUT2D eigenvalue weighted by molar-refractivity contribution is 0.154. The van der Waals surface area contributed by atoms with Crippen LogP contribution < -0.4 is 5.32 Å². The van der Waals surface area contributed by atoms with Gasteiger partial charge in [0, 0.05) is 18.6 Å². The molecule has 0 aromatic heterocycles. The third kappa shape index (κ3) is 3.05. The van der Waals surface area contributed by atoms with Crippen LogP contribution >= 0.6 is 0 Å². The molecule has 0 aromatic rings. The molecule has 3 heteroatoms. The average molecular weight is 279 g/mol. The molecule has 5 atom stereocenters. The third-order valence-corrected chi connectivity index (χ3v) is 6.39. The van der Waals surface area contributed by atoms with Gasteiger partial charge in [0.2, 0.25) is 0 Å². The van der Waals surface area contributed by atoms with Gasteiger partial charge in [0.05, 0.1) is 0 Å². The molecule has 5 unspecified atom stereocenters. The van der Waals surface area contributed by atoms with Crippen LogP contribution in [-0.2, 0) is 0 Å². The van der Waals surface area contributed by atoms with Crippen molar-refractivity contribution in [1.82, 2.24) is 15.1 Å². The molecular weight excluding hydrogens is 246 g/mol. The van der Waals surface area contributed by atoms with Crippen LogP contribution in [0.4, 0.5) is 0 Å². The van der Waals surface area contributed by atoms with Crippen LogP contribution in [0.15, 0.2) is 0 Å². The quantitative estimate of drug-likeness (QED) is 0.849. The second-order valence-corrected chi connectivity index (χ2v) is 7.73. The minimum atomic E-state index is 0.671. The van der Waals surface area contributed by atoms with Crippen LogP contribution in [0.25, 0.3) is 0 Å². The first-order valence-corrected chi connectivity index (χ1v) is 8.73. The first kappa shape index (κ1) is 14.8. The zero-order chi connectivity index (χ0) is 14.1. The van der Waals surface area contributed by atoms with Gasteiger partial charge in [-0.05, 0) is 84.1 Å². The van der Waals surface area contributed by atoms with Crippen molar-refractivity contribution in [3.63, 3.8) is 0 Å². The summed E-state index contributed by atoms with van der Waals surface area (Å²) in [5.41, 5.74) is 0. The van der Waals surface area contributed by atoms with Crippen molar-refractivity contribution in [3.05, 3.63) is 0 Å². The van der Waals surface area contributed by atoms with Crippen LogP contribution in [0.5, 0.6) is 0 Å². The summed E-state index contributed by atoms with van der Waals surface area (Å²) in [7, 11) is 6.79. The first-order valence-electron chi connectivity index (χ1n) is 8.73. The smallest absolute Gasteiger partial charge is 0.0373 e. The van der Waals surface area contributed by atoms with Gasteiger partial charge in [0.15, 0.2) is 0 Å². The van der Waals surface area contributed by atoms with E-state index >= 15 is 0 Å². The molecule has 1 aliphatic heterocycles. The van der Waals surface area contributed by atoms with Gasteiger partial charge < -0.3 is 15.1 Å². The van der Waals surface area contributed by atoms with Crippen molar-refractivity contribution in [2.45, 2.75) is 50.6 Å². The summed E-state index contributed by atoms with van der Waals surface area (Å²) >= 11 is 0. The van der Waals surface area contributed by atoms with Gasteiger partial charge in [-0.1, -0.05) is 6.42 Å². The van der Waals surface area contributed by atoms with E-state index in [2.05, 4.69) is 36.3 Å². The van der Waals surface area contributed by atoms with Gasteiger partial charge in [-0.2, -0.15) is 0 Å². The molecular formula is C17H33N3. The van der Waals surface area contributed by atoms with Crippen LogP contribution in [-0.4, -0.2) is 62.7 Å². The SMILES string of the molecule is CNC(CC1CC2CCC1C2)C1CN(C)CCCN1C. The Kier molecular flexibility index (Phi) is 4.68. The highest BCUT2D eigenvalue weighted by atomic mass is 15.2. The van der Waals surface area contributed by atoms with E-state index in [1.165, 1.54) is 51.7 Å². The monoisotopic (exact) mass is 279 g/mol. The Balaban J connectivity index is 1.62. The van der Waals surface area contributed by atoms with Crippen LogP contribution in [0.1, 0.15) is 38.5 Å². The number of fused-ring (bicyclic) bond motifs is 2. The molecule has 0 radical (unpaired) electrons. The molecule has 20 heavy (non-hydrogen) atoms. The lowest BCUT2D eigenvalue weighted by Gasteiger charge is -2.37. The maximum atomic E-state index is 3.67. The van der Waals surface area contributed by atoms with Gasteiger partial charge >= 0.3 is 0 Å². The maximum absolute atomic E-state index is 3.67. The van der Waals surface area contributed by atoms with Gasteiger partial charge in [0.1, 0.15) is 0 Å². The molecule has 1 heterocycles. The molecule has 2 aliphatic carbocycles. The number of hydrogen-bond donors (Lipinski definition) is 1. The van der Waals surface area contributed by atoms with E-state index in [-0.39, 0.29) is 0 Å². The fourth-order valence-electron chi connectivity index (χ4n) is 5.20. The van der Waals surface area contributed by atoms with E-state index in [0.717, 1.165) is 17.8 Å². The lowest BCUT2D eigenvalue weighted by Crippen LogP contribution is -2.52.